The minimum Gasteiger partial charge on any atom is -0.346 e. The Kier molecular flexibility index (Phi) is 3.70. The first kappa shape index (κ1) is 13.5. The number of rotatable bonds is 3. The normalized spacial score (nSPS) is 15.3. The predicted molar refractivity (Wildman–Crippen MR) is 85.5 cm³/mol. The first-order valence-electron chi connectivity index (χ1n) is 7.34. The van der Waals surface area contributed by atoms with Gasteiger partial charge in [-0.05, 0) is 41.9 Å². The minimum absolute atomic E-state index is 0.370. The van der Waals surface area contributed by atoms with Gasteiger partial charge in [0, 0.05) is 5.56 Å². The third-order valence-corrected chi connectivity index (χ3v) is 4.54. The van der Waals surface area contributed by atoms with E-state index in [1.807, 2.05) is 0 Å². The highest BCUT2D eigenvalue weighted by atomic mass is 32.1. The number of nitrogens with one attached hydrogen (secondary N) is 1. The highest BCUT2D eigenvalue weighted by Gasteiger charge is 2.20. The van der Waals surface area contributed by atoms with Crippen LogP contribution in [0.3, 0.4) is 0 Å². The van der Waals surface area contributed by atoms with Crippen molar-refractivity contribution in [3.05, 3.63) is 46.4 Å². The number of aromatic nitrogens is 2. The van der Waals surface area contributed by atoms with Gasteiger partial charge in [-0.1, -0.05) is 50.7 Å². The lowest BCUT2D eigenvalue weighted by Gasteiger charge is -2.26. The van der Waals surface area contributed by atoms with E-state index in [-0.39, 0.29) is 0 Å². The van der Waals surface area contributed by atoms with Gasteiger partial charge in [0.25, 0.3) is 0 Å². The zero-order chi connectivity index (χ0) is 14.1. The summed E-state index contributed by atoms with van der Waals surface area (Å²) in [5, 5.41) is 0. The molecule has 1 aromatic heterocycles. The van der Waals surface area contributed by atoms with Crippen molar-refractivity contribution in [2.24, 2.45) is 0 Å². The van der Waals surface area contributed by atoms with Crippen LogP contribution in [0.25, 0.3) is 11.3 Å². The Hall–Kier alpha value is -1.48. The van der Waals surface area contributed by atoms with Gasteiger partial charge in [-0.25, -0.2) is 4.98 Å². The van der Waals surface area contributed by atoms with Crippen LogP contribution < -0.4 is 0 Å². The Morgan fingerprint density at radius 1 is 1.30 bits per heavy atom. The van der Waals surface area contributed by atoms with Crippen molar-refractivity contribution in [1.29, 1.82) is 0 Å². The van der Waals surface area contributed by atoms with Crippen molar-refractivity contribution in [3.63, 3.8) is 0 Å². The molecule has 1 aromatic carbocycles. The molecule has 1 aliphatic rings. The zero-order valence-electron chi connectivity index (χ0n) is 12.0. The van der Waals surface area contributed by atoms with E-state index in [2.05, 4.69) is 48.1 Å². The predicted octanol–water partition coefficient (Wildman–Crippen LogP) is 5.20. The van der Waals surface area contributed by atoms with Gasteiger partial charge in [-0.15, -0.1) is 0 Å². The molecule has 20 heavy (non-hydrogen) atoms. The molecule has 104 valence electrons. The molecule has 0 bridgehead atoms. The summed E-state index contributed by atoms with van der Waals surface area (Å²) >= 11 is 5.40. The van der Waals surface area contributed by atoms with Crippen LogP contribution in [0.5, 0.6) is 0 Å². The maximum Gasteiger partial charge on any atom is 0.133 e. The Labute approximate surface area is 125 Å². The zero-order valence-corrected chi connectivity index (χ0v) is 12.8. The van der Waals surface area contributed by atoms with E-state index >= 15 is 0 Å². The molecule has 2 nitrogen and oxygen atoms in total. The van der Waals surface area contributed by atoms with Crippen LogP contribution >= 0.6 is 12.2 Å². The second-order valence-corrected chi connectivity index (χ2v) is 6.29. The van der Waals surface area contributed by atoms with Gasteiger partial charge in [-0.2, -0.15) is 0 Å². The molecule has 0 radical (unpaired) electrons. The third kappa shape index (κ3) is 2.42. The van der Waals surface area contributed by atoms with Gasteiger partial charge < -0.3 is 4.98 Å². The van der Waals surface area contributed by atoms with Crippen LogP contribution in [0, 0.1) is 4.64 Å². The molecule has 1 N–H and O–H groups in total. The summed E-state index contributed by atoms with van der Waals surface area (Å²) in [6.45, 7) is 4.33. The standard InChI is InChI=1S/C17H20N2S/c1-11(2)15-16(18-10-19-17(15)20)14-8-4-7-13(9-14)12-5-3-6-12/h4,7-12H,3,5-6H2,1-2H3,(H,18,19,20). The molecule has 0 amide bonds. The molecule has 1 heterocycles. The molecule has 1 aliphatic carbocycles. The van der Waals surface area contributed by atoms with Gasteiger partial charge in [0.2, 0.25) is 0 Å². The maximum atomic E-state index is 5.40. The largest absolute Gasteiger partial charge is 0.346 e. The van der Waals surface area contributed by atoms with Gasteiger partial charge in [0.15, 0.2) is 0 Å². The van der Waals surface area contributed by atoms with Crippen LogP contribution in [-0.4, -0.2) is 9.97 Å². The number of hydrogen-bond donors (Lipinski definition) is 1. The maximum absolute atomic E-state index is 5.40. The summed E-state index contributed by atoms with van der Waals surface area (Å²) in [5.74, 6) is 1.12. The summed E-state index contributed by atoms with van der Waals surface area (Å²) in [6.07, 6.45) is 5.73. The molecule has 0 saturated heterocycles. The molecule has 0 atom stereocenters. The second kappa shape index (κ2) is 5.49. The van der Waals surface area contributed by atoms with Gasteiger partial charge in [0.05, 0.1) is 12.0 Å². The van der Waals surface area contributed by atoms with Crippen LogP contribution in [-0.2, 0) is 0 Å². The van der Waals surface area contributed by atoms with Crippen molar-refractivity contribution in [2.75, 3.05) is 0 Å². The Morgan fingerprint density at radius 2 is 2.10 bits per heavy atom. The van der Waals surface area contributed by atoms with E-state index in [0.29, 0.717) is 10.6 Å². The van der Waals surface area contributed by atoms with E-state index in [1.54, 1.807) is 6.33 Å². The van der Waals surface area contributed by atoms with Crippen LogP contribution in [0.2, 0.25) is 0 Å². The SMILES string of the molecule is CC(C)c1c(-c2cccc(C3CCC3)c2)[nH]cnc1=S. The Bertz CT molecular complexity index is 669. The first-order chi connectivity index (χ1) is 9.66. The Balaban J connectivity index is 2.09. The van der Waals surface area contributed by atoms with Crippen LogP contribution in [0.4, 0.5) is 0 Å². The van der Waals surface area contributed by atoms with E-state index < -0.39 is 0 Å². The quantitative estimate of drug-likeness (QED) is 0.785. The molecule has 3 heteroatoms. The fourth-order valence-corrected chi connectivity index (χ4v) is 3.26. The summed E-state index contributed by atoms with van der Waals surface area (Å²) in [5.41, 5.74) is 4.96. The number of aromatic amines is 1. The monoisotopic (exact) mass is 284 g/mol. The van der Waals surface area contributed by atoms with Gasteiger partial charge >= 0.3 is 0 Å². The van der Waals surface area contributed by atoms with E-state index in [1.165, 1.54) is 30.4 Å². The fourth-order valence-electron chi connectivity index (χ4n) is 2.87. The van der Waals surface area contributed by atoms with Crippen molar-refractivity contribution in [3.8, 4) is 11.3 Å². The van der Waals surface area contributed by atoms with Crippen LogP contribution in [0.15, 0.2) is 30.6 Å². The number of benzene rings is 1. The van der Waals surface area contributed by atoms with Crippen molar-refractivity contribution < 1.29 is 0 Å². The molecule has 0 spiro atoms. The molecular formula is C17H20N2S. The average molecular weight is 284 g/mol. The first-order valence-corrected chi connectivity index (χ1v) is 7.75. The molecule has 3 rings (SSSR count). The topological polar surface area (TPSA) is 28.7 Å². The van der Waals surface area contributed by atoms with Crippen molar-refractivity contribution >= 4 is 12.2 Å². The van der Waals surface area contributed by atoms with Gasteiger partial charge in [0.1, 0.15) is 4.64 Å². The molecular weight excluding hydrogens is 264 g/mol. The fraction of sp³-hybridized carbons (Fsp3) is 0.412. The van der Waals surface area contributed by atoms with Crippen molar-refractivity contribution in [1.82, 2.24) is 9.97 Å². The lowest BCUT2D eigenvalue weighted by Crippen LogP contribution is -2.08. The van der Waals surface area contributed by atoms with E-state index in [9.17, 15) is 0 Å². The van der Waals surface area contributed by atoms with Crippen LogP contribution in [0.1, 0.15) is 56.1 Å². The summed E-state index contributed by atoms with van der Waals surface area (Å²) in [4.78, 5) is 7.53. The van der Waals surface area contributed by atoms with E-state index in [4.69, 9.17) is 12.2 Å². The molecule has 1 fully saturated rings. The smallest absolute Gasteiger partial charge is 0.133 e. The third-order valence-electron chi connectivity index (χ3n) is 4.22. The lowest BCUT2D eigenvalue weighted by atomic mass is 9.79. The molecule has 0 unspecified atom stereocenters. The highest BCUT2D eigenvalue weighted by Crippen LogP contribution is 2.38. The summed E-state index contributed by atoms with van der Waals surface area (Å²) in [7, 11) is 0. The minimum atomic E-state index is 0.370. The Morgan fingerprint density at radius 3 is 2.75 bits per heavy atom. The van der Waals surface area contributed by atoms with Crippen molar-refractivity contribution in [2.45, 2.75) is 44.9 Å². The number of nitrogens with zero attached hydrogens (tertiary/aromatic N) is 1. The summed E-state index contributed by atoms with van der Waals surface area (Å²) in [6, 6.07) is 8.88. The second-order valence-electron chi connectivity index (χ2n) is 5.90. The average Bonchev–Trinajstić information content (AvgIpc) is 2.36. The summed E-state index contributed by atoms with van der Waals surface area (Å²) < 4.78 is 0.711. The highest BCUT2D eigenvalue weighted by molar-refractivity contribution is 7.71. The number of hydrogen-bond acceptors (Lipinski definition) is 2. The lowest BCUT2D eigenvalue weighted by molar-refractivity contribution is 0.420. The molecule has 0 aliphatic heterocycles. The molecule has 1 saturated carbocycles. The van der Waals surface area contributed by atoms with Gasteiger partial charge in [-0.3, -0.25) is 0 Å². The molecule has 2 aromatic rings. The number of H-pyrrole nitrogens is 1. The van der Waals surface area contributed by atoms with E-state index in [0.717, 1.165) is 17.2 Å².